The van der Waals surface area contributed by atoms with Crippen molar-refractivity contribution in [3.8, 4) is 11.5 Å². The Hall–Kier alpha value is -4.46. The van der Waals surface area contributed by atoms with Crippen LogP contribution in [0.4, 0.5) is 17.1 Å². The molecule has 0 radical (unpaired) electrons. The second-order valence-electron chi connectivity index (χ2n) is 9.41. The maximum Gasteiger partial charge on any atom is 0.300 e. The van der Waals surface area contributed by atoms with E-state index in [9.17, 15) is 19.8 Å². The Kier molecular flexibility index (Phi) is 6.72. The standard InChI is InChI=1S/C30H31N3O5/c1-4-32(5-2)21-10-12-22(13-11-21)33-27(19-7-6-8-23(34)17-19)26(29(36)30(33)37)28(35)20-9-14-25-24(18-20)31(3)15-16-38-25/h6-14,17-18,27,34-35H,4-5,15-16H2,1-3H3/b28-26-. The first-order valence-electron chi connectivity index (χ1n) is 12.8. The molecular formula is C30H31N3O5. The van der Waals surface area contributed by atoms with Crippen molar-refractivity contribution in [2.75, 3.05) is 48.0 Å². The third kappa shape index (κ3) is 4.32. The number of ether oxygens (including phenoxy) is 1. The Bertz CT molecular complexity index is 1410. The van der Waals surface area contributed by atoms with Crippen LogP contribution in [0, 0.1) is 0 Å². The van der Waals surface area contributed by atoms with Crippen molar-refractivity contribution in [3.63, 3.8) is 0 Å². The van der Waals surface area contributed by atoms with Gasteiger partial charge in [-0.25, -0.2) is 0 Å². The summed E-state index contributed by atoms with van der Waals surface area (Å²) in [5, 5.41) is 21.7. The summed E-state index contributed by atoms with van der Waals surface area (Å²) in [5.74, 6) is -1.12. The molecule has 0 aliphatic carbocycles. The summed E-state index contributed by atoms with van der Waals surface area (Å²) in [6.45, 7) is 7.07. The fourth-order valence-electron chi connectivity index (χ4n) is 5.18. The van der Waals surface area contributed by atoms with E-state index in [1.165, 1.54) is 17.0 Å². The van der Waals surface area contributed by atoms with Gasteiger partial charge in [0.15, 0.2) is 0 Å². The summed E-state index contributed by atoms with van der Waals surface area (Å²) in [5.41, 5.74) is 3.19. The Morgan fingerprint density at radius 2 is 1.76 bits per heavy atom. The molecule has 1 fully saturated rings. The van der Waals surface area contributed by atoms with Gasteiger partial charge in [0.05, 0.1) is 23.8 Å². The van der Waals surface area contributed by atoms with E-state index in [0.29, 0.717) is 35.7 Å². The molecule has 5 rings (SSSR count). The molecule has 3 aromatic rings. The van der Waals surface area contributed by atoms with E-state index in [2.05, 4.69) is 18.7 Å². The number of phenolic OH excluding ortho intramolecular Hbond substituents is 1. The number of hydrogen-bond acceptors (Lipinski definition) is 7. The molecule has 1 atom stereocenters. The van der Waals surface area contributed by atoms with Gasteiger partial charge < -0.3 is 24.7 Å². The van der Waals surface area contributed by atoms with Gasteiger partial charge in [0.1, 0.15) is 23.9 Å². The molecule has 0 bridgehead atoms. The molecular weight excluding hydrogens is 482 g/mol. The van der Waals surface area contributed by atoms with E-state index < -0.39 is 17.7 Å². The zero-order chi connectivity index (χ0) is 27.0. The number of fused-ring (bicyclic) bond motifs is 1. The first-order chi connectivity index (χ1) is 18.3. The molecule has 1 saturated heterocycles. The fourth-order valence-corrected chi connectivity index (χ4v) is 5.18. The highest BCUT2D eigenvalue weighted by Crippen LogP contribution is 2.44. The van der Waals surface area contributed by atoms with Gasteiger partial charge in [0.2, 0.25) is 0 Å². The monoisotopic (exact) mass is 513 g/mol. The van der Waals surface area contributed by atoms with Crippen LogP contribution in [0.1, 0.15) is 31.0 Å². The normalized spacial score (nSPS) is 18.3. The minimum Gasteiger partial charge on any atom is -0.508 e. The Labute approximate surface area is 222 Å². The van der Waals surface area contributed by atoms with E-state index in [1.807, 2.05) is 24.1 Å². The lowest BCUT2D eigenvalue weighted by Gasteiger charge is -2.28. The number of likely N-dealkylation sites (N-methyl/N-ethyl adjacent to an activating group) is 1. The van der Waals surface area contributed by atoms with Crippen molar-refractivity contribution >= 4 is 34.5 Å². The minimum absolute atomic E-state index is 0.00229. The van der Waals surface area contributed by atoms with Gasteiger partial charge in [-0.15, -0.1) is 0 Å². The second-order valence-corrected chi connectivity index (χ2v) is 9.41. The predicted molar refractivity (Wildman–Crippen MR) is 148 cm³/mol. The summed E-state index contributed by atoms with van der Waals surface area (Å²) in [4.78, 5) is 32.5. The topological polar surface area (TPSA) is 93.6 Å². The minimum atomic E-state index is -0.925. The van der Waals surface area contributed by atoms with Crippen LogP contribution >= 0.6 is 0 Å². The number of nitrogens with zero attached hydrogens (tertiary/aromatic N) is 3. The number of aromatic hydroxyl groups is 1. The van der Waals surface area contributed by atoms with Gasteiger partial charge in [-0.05, 0) is 74.0 Å². The first kappa shape index (κ1) is 25.2. The lowest BCUT2D eigenvalue weighted by Crippen LogP contribution is -2.29. The lowest BCUT2D eigenvalue weighted by atomic mass is 9.94. The number of Topliss-reactive ketones (excluding diaryl/α,β-unsaturated/α-hetero) is 1. The molecule has 0 spiro atoms. The van der Waals surface area contributed by atoms with Crippen LogP contribution in [0.2, 0.25) is 0 Å². The summed E-state index contributed by atoms with van der Waals surface area (Å²) in [6, 6.07) is 18.1. The number of carbonyl (C=O) groups is 2. The van der Waals surface area contributed by atoms with E-state index in [1.54, 1.807) is 42.5 Å². The number of aliphatic hydroxyl groups is 1. The maximum atomic E-state index is 13.5. The number of anilines is 3. The predicted octanol–water partition coefficient (Wildman–Crippen LogP) is 4.69. The first-order valence-corrected chi connectivity index (χ1v) is 12.8. The zero-order valence-electron chi connectivity index (χ0n) is 21.7. The number of hydrogen-bond donors (Lipinski definition) is 2. The van der Waals surface area contributed by atoms with Gasteiger partial charge in [-0.3, -0.25) is 14.5 Å². The van der Waals surface area contributed by atoms with Crippen LogP contribution in [0.15, 0.2) is 72.3 Å². The number of rotatable bonds is 6. The quantitative estimate of drug-likeness (QED) is 0.281. The van der Waals surface area contributed by atoms with Crippen molar-refractivity contribution in [3.05, 3.63) is 83.4 Å². The van der Waals surface area contributed by atoms with Crippen LogP contribution in [0.25, 0.3) is 5.76 Å². The van der Waals surface area contributed by atoms with Crippen LogP contribution < -0.4 is 19.4 Å². The third-order valence-corrected chi connectivity index (χ3v) is 7.21. The molecule has 8 nitrogen and oxygen atoms in total. The number of carbonyl (C=O) groups excluding carboxylic acids is 2. The molecule has 8 heteroatoms. The Balaban J connectivity index is 1.65. The second kappa shape index (κ2) is 10.1. The average molecular weight is 514 g/mol. The summed E-state index contributed by atoms with van der Waals surface area (Å²) < 4.78 is 5.71. The Morgan fingerprint density at radius 1 is 1.03 bits per heavy atom. The summed E-state index contributed by atoms with van der Waals surface area (Å²) in [7, 11) is 1.93. The van der Waals surface area contributed by atoms with E-state index in [4.69, 9.17) is 4.74 Å². The van der Waals surface area contributed by atoms with E-state index >= 15 is 0 Å². The number of ketones is 1. The van der Waals surface area contributed by atoms with Gasteiger partial charge in [-0.1, -0.05) is 12.1 Å². The van der Waals surface area contributed by atoms with Gasteiger partial charge >= 0.3 is 0 Å². The van der Waals surface area contributed by atoms with Crippen molar-refractivity contribution in [2.24, 2.45) is 0 Å². The van der Waals surface area contributed by atoms with Gasteiger partial charge in [0.25, 0.3) is 11.7 Å². The average Bonchev–Trinajstić information content (AvgIpc) is 3.19. The molecule has 2 heterocycles. The van der Waals surface area contributed by atoms with Crippen LogP contribution in [-0.2, 0) is 9.59 Å². The molecule has 1 unspecified atom stereocenters. The Morgan fingerprint density at radius 3 is 2.45 bits per heavy atom. The molecule has 2 aliphatic heterocycles. The third-order valence-electron chi connectivity index (χ3n) is 7.21. The molecule has 2 N–H and O–H groups in total. The lowest BCUT2D eigenvalue weighted by molar-refractivity contribution is -0.132. The maximum absolute atomic E-state index is 13.5. The van der Waals surface area contributed by atoms with Crippen LogP contribution in [0.3, 0.4) is 0 Å². The number of aliphatic hydroxyl groups excluding tert-OH is 1. The van der Waals surface area contributed by atoms with Crippen molar-refractivity contribution in [1.29, 1.82) is 0 Å². The van der Waals surface area contributed by atoms with Gasteiger partial charge in [0, 0.05) is 37.1 Å². The van der Waals surface area contributed by atoms with Crippen molar-refractivity contribution in [1.82, 2.24) is 0 Å². The van der Waals surface area contributed by atoms with E-state index in [0.717, 1.165) is 24.5 Å². The highest BCUT2D eigenvalue weighted by Gasteiger charge is 2.47. The van der Waals surface area contributed by atoms with Gasteiger partial charge in [-0.2, -0.15) is 0 Å². The zero-order valence-corrected chi connectivity index (χ0v) is 21.7. The largest absolute Gasteiger partial charge is 0.508 e. The van der Waals surface area contributed by atoms with E-state index in [-0.39, 0.29) is 17.1 Å². The highest BCUT2D eigenvalue weighted by molar-refractivity contribution is 6.51. The molecule has 1 amide bonds. The van der Waals surface area contributed by atoms with Crippen molar-refractivity contribution < 1.29 is 24.5 Å². The molecule has 0 aromatic heterocycles. The molecule has 196 valence electrons. The van der Waals surface area contributed by atoms with Crippen LogP contribution in [0.5, 0.6) is 11.5 Å². The molecule has 38 heavy (non-hydrogen) atoms. The smallest absolute Gasteiger partial charge is 0.300 e. The number of amides is 1. The fraction of sp³-hybridized carbons (Fsp3) is 0.267. The SMILES string of the molecule is CCN(CC)c1ccc(N2C(=O)C(=O)/C(=C(\O)c3ccc4c(c3)N(C)CCO4)C2c2cccc(O)c2)cc1. The summed E-state index contributed by atoms with van der Waals surface area (Å²) in [6.07, 6.45) is 0. The number of benzene rings is 3. The number of phenols is 1. The molecule has 0 saturated carbocycles. The summed E-state index contributed by atoms with van der Waals surface area (Å²) >= 11 is 0. The van der Waals surface area contributed by atoms with Crippen LogP contribution in [-0.4, -0.2) is 55.2 Å². The highest BCUT2D eigenvalue weighted by atomic mass is 16.5. The molecule has 3 aromatic carbocycles. The van der Waals surface area contributed by atoms with Crippen molar-refractivity contribution in [2.45, 2.75) is 19.9 Å². The molecule has 2 aliphatic rings.